The fraction of sp³-hybridized carbons (Fsp3) is 0.545. The van der Waals surface area contributed by atoms with Gasteiger partial charge >= 0.3 is 17.4 Å². The van der Waals surface area contributed by atoms with Gasteiger partial charge in [-0.25, -0.2) is 0 Å². The van der Waals surface area contributed by atoms with E-state index in [1.54, 1.807) is 0 Å². The average molecular weight is 308 g/mol. The number of aliphatic hydroxyl groups excluding tert-OH is 1. The van der Waals surface area contributed by atoms with Crippen LogP contribution in [0.15, 0.2) is 17.1 Å². The zero-order chi connectivity index (χ0) is 15.8. The summed E-state index contributed by atoms with van der Waals surface area (Å²) in [7, 11) is 0. The highest BCUT2D eigenvalue weighted by molar-refractivity contribution is 5.33. The minimum absolute atomic E-state index is 0.0829. The van der Waals surface area contributed by atoms with Crippen molar-refractivity contribution in [3.05, 3.63) is 38.3 Å². The predicted octanol–water partition coefficient (Wildman–Crippen LogP) is 1.10. The minimum Gasteiger partial charge on any atom is -0.389 e. The molecule has 0 aliphatic carbocycles. The number of aromatic nitrogens is 1. The highest BCUT2D eigenvalue weighted by Crippen LogP contribution is 2.31. The van der Waals surface area contributed by atoms with Gasteiger partial charge in [-0.15, -0.1) is 0 Å². The van der Waals surface area contributed by atoms with Gasteiger partial charge in [0.2, 0.25) is 0 Å². The number of alkyl halides is 3. The molecule has 2 rings (SSSR count). The average Bonchev–Trinajstić information content (AvgIpc) is 2.38. The molecule has 1 aromatic rings. The number of hydrogen-bond donors (Lipinski definition) is 1. The highest BCUT2D eigenvalue weighted by Gasteiger charge is 2.36. The molecule has 0 unspecified atom stereocenters. The number of halogens is 3. The summed E-state index contributed by atoms with van der Waals surface area (Å²) in [6, 6.07) is -0.794. The Morgan fingerprint density at radius 3 is 2.67 bits per heavy atom. The van der Waals surface area contributed by atoms with E-state index >= 15 is 0 Å². The Balaban J connectivity index is 2.61. The molecule has 1 aliphatic heterocycles. The van der Waals surface area contributed by atoms with Crippen LogP contribution >= 0.6 is 0 Å². The first kappa shape index (κ1) is 15.4. The van der Waals surface area contributed by atoms with Crippen LogP contribution in [0.4, 0.5) is 18.9 Å². The van der Waals surface area contributed by atoms with Crippen LogP contribution in [0.1, 0.15) is 18.0 Å². The van der Waals surface area contributed by atoms with Gasteiger partial charge in [0.25, 0.3) is 0 Å². The van der Waals surface area contributed by atoms with Gasteiger partial charge in [0, 0.05) is 18.9 Å². The second kappa shape index (κ2) is 5.45. The zero-order valence-electron chi connectivity index (χ0n) is 10.5. The first-order valence-electron chi connectivity index (χ1n) is 5.95. The van der Waals surface area contributed by atoms with Crippen LogP contribution in [0, 0.1) is 10.1 Å². The number of pyridine rings is 1. The van der Waals surface area contributed by atoms with E-state index in [0.717, 1.165) is 0 Å². The standard InChI is InChI=1S/C11H11F3N2O5/c12-11(13,14)6-3-8(16(19)20)10(18)15(4-6)7-1-2-21-5-9(7)17/h3-4,7,9,17H,1-2,5H2/t7-,9-/m1/s1. The number of rotatable bonds is 2. The number of hydrogen-bond acceptors (Lipinski definition) is 5. The van der Waals surface area contributed by atoms with Gasteiger partial charge in [-0.3, -0.25) is 14.9 Å². The van der Waals surface area contributed by atoms with Crippen LogP contribution in [0.3, 0.4) is 0 Å². The molecule has 0 aromatic carbocycles. The molecule has 0 saturated carbocycles. The third-order valence-electron chi connectivity index (χ3n) is 3.20. The van der Waals surface area contributed by atoms with Crippen LogP contribution in [0.5, 0.6) is 0 Å². The molecule has 116 valence electrons. The Morgan fingerprint density at radius 1 is 1.48 bits per heavy atom. The van der Waals surface area contributed by atoms with Crippen LogP contribution in [0.2, 0.25) is 0 Å². The van der Waals surface area contributed by atoms with Crippen molar-refractivity contribution in [2.45, 2.75) is 24.7 Å². The van der Waals surface area contributed by atoms with E-state index in [0.29, 0.717) is 10.8 Å². The summed E-state index contributed by atoms with van der Waals surface area (Å²) in [4.78, 5) is 21.5. The first-order chi connectivity index (χ1) is 9.71. The van der Waals surface area contributed by atoms with E-state index in [9.17, 15) is 33.2 Å². The first-order valence-corrected chi connectivity index (χ1v) is 5.95. The molecule has 21 heavy (non-hydrogen) atoms. The lowest BCUT2D eigenvalue weighted by molar-refractivity contribution is -0.386. The molecule has 1 saturated heterocycles. The van der Waals surface area contributed by atoms with Crippen molar-refractivity contribution in [3.63, 3.8) is 0 Å². The molecule has 1 N–H and O–H groups in total. The van der Waals surface area contributed by atoms with Crippen molar-refractivity contribution in [2.24, 2.45) is 0 Å². The molecule has 0 radical (unpaired) electrons. The predicted molar refractivity (Wildman–Crippen MR) is 62.8 cm³/mol. The molecule has 0 spiro atoms. The monoisotopic (exact) mass is 308 g/mol. The molecule has 0 bridgehead atoms. The van der Waals surface area contributed by atoms with Gasteiger partial charge in [0.1, 0.15) is 0 Å². The normalized spacial score (nSPS) is 23.0. The van der Waals surface area contributed by atoms with E-state index in [1.165, 1.54) is 0 Å². The van der Waals surface area contributed by atoms with Gasteiger partial charge in [0.05, 0.1) is 29.2 Å². The molecule has 0 amide bonds. The highest BCUT2D eigenvalue weighted by atomic mass is 19.4. The molecule has 10 heteroatoms. The number of ether oxygens (including phenoxy) is 1. The quantitative estimate of drug-likeness (QED) is 0.652. The summed E-state index contributed by atoms with van der Waals surface area (Å²) in [5, 5.41) is 20.5. The van der Waals surface area contributed by atoms with Crippen molar-refractivity contribution >= 4 is 5.69 Å². The largest absolute Gasteiger partial charge is 0.418 e. The van der Waals surface area contributed by atoms with E-state index in [2.05, 4.69) is 0 Å². The van der Waals surface area contributed by atoms with E-state index in [-0.39, 0.29) is 25.7 Å². The Morgan fingerprint density at radius 2 is 2.14 bits per heavy atom. The summed E-state index contributed by atoms with van der Waals surface area (Å²) in [5.41, 5.74) is -3.67. The van der Waals surface area contributed by atoms with Crippen molar-refractivity contribution in [2.75, 3.05) is 13.2 Å². The van der Waals surface area contributed by atoms with E-state index in [1.807, 2.05) is 0 Å². The number of nitrogens with zero attached hydrogens (tertiary/aromatic N) is 2. The van der Waals surface area contributed by atoms with Crippen LogP contribution in [-0.4, -0.2) is 33.9 Å². The summed E-state index contributed by atoms with van der Waals surface area (Å²) < 4.78 is 43.9. The van der Waals surface area contributed by atoms with Crippen LogP contribution in [0.25, 0.3) is 0 Å². The fourth-order valence-electron chi connectivity index (χ4n) is 2.16. The summed E-state index contributed by atoms with van der Waals surface area (Å²) in [5.74, 6) is 0. The second-order valence-corrected chi connectivity index (χ2v) is 4.58. The van der Waals surface area contributed by atoms with E-state index < -0.39 is 40.1 Å². The fourth-order valence-corrected chi connectivity index (χ4v) is 2.16. The maximum atomic E-state index is 12.8. The van der Waals surface area contributed by atoms with Crippen molar-refractivity contribution in [1.82, 2.24) is 4.57 Å². The van der Waals surface area contributed by atoms with Crippen LogP contribution < -0.4 is 5.56 Å². The number of aliphatic hydroxyl groups is 1. The van der Waals surface area contributed by atoms with Gasteiger partial charge < -0.3 is 14.4 Å². The molecule has 1 aliphatic rings. The zero-order valence-corrected chi connectivity index (χ0v) is 10.5. The number of nitro groups is 1. The summed E-state index contributed by atoms with van der Waals surface area (Å²) >= 11 is 0. The van der Waals surface area contributed by atoms with Gasteiger partial charge in [0.15, 0.2) is 0 Å². The Kier molecular flexibility index (Phi) is 4.01. The Bertz CT molecular complexity index is 613. The summed E-state index contributed by atoms with van der Waals surface area (Å²) in [6.45, 7) is -0.0145. The minimum atomic E-state index is -4.84. The van der Waals surface area contributed by atoms with Gasteiger partial charge in [-0.2, -0.15) is 13.2 Å². The lowest BCUT2D eigenvalue weighted by Gasteiger charge is -2.29. The van der Waals surface area contributed by atoms with E-state index in [4.69, 9.17) is 4.74 Å². The Labute approximate surface area is 115 Å². The molecule has 7 nitrogen and oxygen atoms in total. The lowest BCUT2D eigenvalue weighted by Crippen LogP contribution is -2.39. The third kappa shape index (κ3) is 3.05. The van der Waals surface area contributed by atoms with Crippen molar-refractivity contribution in [1.29, 1.82) is 0 Å². The Hall–Kier alpha value is -1.94. The topological polar surface area (TPSA) is 94.6 Å². The van der Waals surface area contributed by atoms with Crippen molar-refractivity contribution < 1.29 is 27.9 Å². The molecular formula is C11H11F3N2O5. The lowest BCUT2D eigenvalue weighted by atomic mass is 10.1. The third-order valence-corrected chi connectivity index (χ3v) is 3.20. The second-order valence-electron chi connectivity index (χ2n) is 4.58. The van der Waals surface area contributed by atoms with Crippen LogP contribution in [-0.2, 0) is 10.9 Å². The molecule has 2 heterocycles. The molecular weight excluding hydrogens is 297 g/mol. The van der Waals surface area contributed by atoms with Crippen molar-refractivity contribution in [3.8, 4) is 0 Å². The smallest absolute Gasteiger partial charge is 0.389 e. The molecule has 1 fully saturated rings. The maximum absolute atomic E-state index is 12.8. The SMILES string of the molecule is O=c1c([N+](=O)[O-])cc(C(F)(F)F)cn1[C@@H]1CCOC[C@H]1O. The summed E-state index contributed by atoms with van der Waals surface area (Å²) in [6.07, 6.45) is -5.47. The molecule has 2 atom stereocenters. The maximum Gasteiger partial charge on any atom is 0.418 e. The van der Waals surface area contributed by atoms with Gasteiger partial charge in [-0.05, 0) is 6.42 Å². The van der Waals surface area contributed by atoms with Gasteiger partial charge in [-0.1, -0.05) is 0 Å². The molecule has 1 aromatic heterocycles.